The normalized spacial score (nSPS) is 13.0. The third kappa shape index (κ3) is 4.84. The lowest BCUT2D eigenvalue weighted by Gasteiger charge is -2.41. The Labute approximate surface area is 147 Å². The van der Waals surface area contributed by atoms with Gasteiger partial charge in [-0.3, -0.25) is 0 Å². The second-order valence-corrected chi connectivity index (χ2v) is 12.6. The van der Waals surface area contributed by atoms with E-state index in [4.69, 9.17) is 4.43 Å². The van der Waals surface area contributed by atoms with Crippen molar-refractivity contribution in [2.45, 2.75) is 70.6 Å². The topological polar surface area (TPSA) is 62.1 Å². The SMILES string of the molecule is CC(C)[Si](OC(=O)NC(C#N)Cc1ccccc1)(C(C)C)C(C)C. The maximum atomic E-state index is 12.5. The first-order valence-electron chi connectivity index (χ1n) is 8.67. The van der Waals surface area contributed by atoms with E-state index >= 15 is 0 Å². The number of rotatable bonds is 7. The average Bonchev–Trinajstić information content (AvgIpc) is 2.51. The molecule has 5 heteroatoms. The standard InChI is InChI=1S/C19H30N2O2Si/c1-14(2)24(15(3)4,16(5)6)23-19(22)21-18(13-20)12-17-10-8-7-9-11-17/h7-11,14-16,18H,12H2,1-6H3,(H,21,22). The van der Waals surface area contributed by atoms with Crippen molar-refractivity contribution in [3.8, 4) is 6.07 Å². The van der Waals surface area contributed by atoms with Crippen LogP contribution in [0.3, 0.4) is 0 Å². The van der Waals surface area contributed by atoms with Crippen LogP contribution in [0, 0.1) is 11.3 Å². The second-order valence-electron chi connectivity index (χ2n) is 7.22. The molecule has 24 heavy (non-hydrogen) atoms. The predicted molar refractivity (Wildman–Crippen MR) is 100 cm³/mol. The van der Waals surface area contributed by atoms with Gasteiger partial charge in [0.25, 0.3) is 8.32 Å². The van der Waals surface area contributed by atoms with Gasteiger partial charge in [0.05, 0.1) is 6.07 Å². The molecule has 1 rings (SSSR count). The van der Waals surface area contributed by atoms with Crippen molar-refractivity contribution in [2.75, 3.05) is 0 Å². The van der Waals surface area contributed by atoms with Crippen LogP contribution in [0.25, 0.3) is 0 Å². The minimum atomic E-state index is -2.28. The van der Waals surface area contributed by atoms with E-state index in [-0.39, 0.29) is 0 Å². The molecule has 0 saturated carbocycles. The number of amides is 1. The number of benzene rings is 1. The van der Waals surface area contributed by atoms with Gasteiger partial charge < -0.3 is 9.74 Å². The lowest BCUT2D eigenvalue weighted by atomic mass is 10.1. The summed E-state index contributed by atoms with van der Waals surface area (Å²) >= 11 is 0. The summed E-state index contributed by atoms with van der Waals surface area (Å²) in [5.41, 5.74) is 1.97. The van der Waals surface area contributed by atoms with Gasteiger partial charge in [-0.1, -0.05) is 71.9 Å². The first-order chi connectivity index (χ1) is 11.2. The van der Waals surface area contributed by atoms with Crippen LogP contribution < -0.4 is 5.32 Å². The smallest absolute Gasteiger partial charge is 0.394 e. The largest absolute Gasteiger partial charge is 0.503 e. The van der Waals surface area contributed by atoms with Crippen LogP contribution in [0.5, 0.6) is 0 Å². The lowest BCUT2D eigenvalue weighted by molar-refractivity contribution is 0.191. The minimum Gasteiger partial charge on any atom is -0.503 e. The molecule has 0 spiro atoms. The number of carbonyl (C=O) groups is 1. The van der Waals surface area contributed by atoms with Crippen LogP contribution in [0.4, 0.5) is 4.79 Å². The lowest BCUT2D eigenvalue weighted by Crippen LogP contribution is -2.52. The van der Waals surface area contributed by atoms with Crippen molar-refractivity contribution in [1.29, 1.82) is 5.26 Å². The molecule has 0 aliphatic rings. The van der Waals surface area contributed by atoms with Gasteiger partial charge in [0.1, 0.15) is 6.04 Å². The van der Waals surface area contributed by atoms with Crippen molar-refractivity contribution >= 4 is 14.4 Å². The molecule has 0 saturated heterocycles. The average molecular weight is 347 g/mol. The van der Waals surface area contributed by atoms with E-state index in [0.29, 0.717) is 23.0 Å². The summed E-state index contributed by atoms with van der Waals surface area (Å²) in [6.07, 6.45) is 0.0201. The molecule has 0 radical (unpaired) electrons. The number of hydrogen-bond donors (Lipinski definition) is 1. The Balaban J connectivity index is 2.83. The summed E-state index contributed by atoms with van der Waals surface area (Å²) in [6, 6.07) is 11.3. The molecule has 1 unspecified atom stereocenters. The predicted octanol–water partition coefficient (Wildman–Crippen LogP) is 5.02. The molecular formula is C19H30N2O2Si. The van der Waals surface area contributed by atoms with E-state index in [1.165, 1.54) is 0 Å². The van der Waals surface area contributed by atoms with Crippen molar-refractivity contribution in [3.05, 3.63) is 35.9 Å². The van der Waals surface area contributed by atoms with Crippen molar-refractivity contribution in [2.24, 2.45) is 0 Å². The van der Waals surface area contributed by atoms with Crippen LogP contribution >= 0.6 is 0 Å². The Bertz CT molecular complexity index is 543. The van der Waals surface area contributed by atoms with Gasteiger partial charge in [-0.15, -0.1) is 0 Å². The molecule has 0 aliphatic heterocycles. The molecular weight excluding hydrogens is 316 g/mol. The Hall–Kier alpha value is -1.80. The summed E-state index contributed by atoms with van der Waals surface area (Å²) in [5.74, 6) is 0. The third-order valence-corrected chi connectivity index (χ3v) is 10.7. The van der Waals surface area contributed by atoms with Crippen LogP contribution in [0.1, 0.15) is 47.1 Å². The fraction of sp³-hybridized carbons (Fsp3) is 0.579. The molecule has 0 fully saturated rings. The van der Waals surface area contributed by atoms with Gasteiger partial charge in [0.15, 0.2) is 0 Å². The van der Waals surface area contributed by atoms with Crippen molar-refractivity contribution in [3.63, 3.8) is 0 Å². The number of carbonyl (C=O) groups excluding carboxylic acids is 1. The summed E-state index contributed by atoms with van der Waals surface area (Å²) in [5, 5.41) is 12.1. The number of nitrogens with one attached hydrogen (secondary N) is 1. The summed E-state index contributed by atoms with van der Waals surface area (Å²) in [7, 11) is -2.28. The minimum absolute atomic E-state index is 0.318. The zero-order valence-electron chi connectivity index (χ0n) is 15.7. The molecule has 1 N–H and O–H groups in total. The monoisotopic (exact) mass is 346 g/mol. The highest BCUT2D eigenvalue weighted by Gasteiger charge is 2.48. The first kappa shape index (κ1) is 20.2. The molecule has 0 bridgehead atoms. The zero-order chi connectivity index (χ0) is 18.3. The number of hydrogen-bond acceptors (Lipinski definition) is 3. The Morgan fingerprint density at radius 3 is 2.00 bits per heavy atom. The van der Waals surface area contributed by atoms with Crippen LogP contribution in [-0.4, -0.2) is 20.5 Å². The van der Waals surface area contributed by atoms with E-state index in [0.717, 1.165) is 5.56 Å². The van der Waals surface area contributed by atoms with Crippen molar-refractivity contribution in [1.82, 2.24) is 5.32 Å². The molecule has 1 amide bonds. The molecule has 4 nitrogen and oxygen atoms in total. The molecule has 0 aliphatic carbocycles. The highest BCUT2D eigenvalue weighted by molar-refractivity contribution is 6.78. The number of nitrogens with zero attached hydrogens (tertiary/aromatic N) is 1. The third-order valence-electron chi connectivity index (χ3n) is 4.71. The van der Waals surface area contributed by atoms with Gasteiger partial charge >= 0.3 is 6.09 Å². The molecule has 0 heterocycles. The fourth-order valence-electron chi connectivity index (χ4n) is 3.66. The van der Waals surface area contributed by atoms with Crippen LogP contribution in [0.2, 0.25) is 16.6 Å². The summed E-state index contributed by atoms with van der Waals surface area (Å²) < 4.78 is 6.03. The van der Waals surface area contributed by atoms with Crippen molar-refractivity contribution < 1.29 is 9.22 Å². The Kier molecular flexibility index (Phi) is 7.49. The molecule has 1 aromatic rings. The van der Waals surface area contributed by atoms with Gasteiger partial charge in [0.2, 0.25) is 0 Å². The molecule has 132 valence electrons. The summed E-state index contributed by atoms with van der Waals surface area (Å²) in [4.78, 5) is 12.5. The van der Waals surface area contributed by atoms with E-state index in [2.05, 4.69) is 52.9 Å². The van der Waals surface area contributed by atoms with Gasteiger partial charge in [-0.2, -0.15) is 5.26 Å². The van der Waals surface area contributed by atoms with Gasteiger partial charge in [-0.25, -0.2) is 4.79 Å². The second kappa shape index (κ2) is 8.88. The molecule has 1 aromatic carbocycles. The van der Waals surface area contributed by atoms with Crippen LogP contribution in [-0.2, 0) is 10.8 Å². The first-order valence-corrected chi connectivity index (χ1v) is 10.8. The van der Waals surface area contributed by atoms with Crippen LogP contribution in [0.15, 0.2) is 30.3 Å². The fourth-order valence-corrected chi connectivity index (χ4v) is 8.75. The highest BCUT2D eigenvalue weighted by atomic mass is 28.4. The zero-order valence-corrected chi connectivity index (χ0v) is 16.7. The number of nitriles is 1. The molecule has 1 atom stereocenters. The van der Waals surface area contributed by atoms with E-state index in [1.54, 1.807) is 0 Å². The molecule has 0 aromatic heterocycles. The Morgan fingerprint density at radius 1 is 1.08 bits per heavy atom. The maximum absolute atomic E-state index is 12.5. The van der Waals surface area contributed by atoms with Gasteiger partial charge in [0, 0.05) is 6.42 Å². The van der Waals surface area contributed by atoms with E-state index in [9.17, 15) is 10.1 Å². The van der Waals surface area contributed by atoms with E-state index < -0.39 is 20.5 Å². The highest BCUT2D eigenvalue weighted by Crippen LogP contribution is 2.42. The summed E-state index contributed by atoms with van der Waals surface area (Å²) in [6.45, 7) is 12.8. The van der Waals surface area contributed by atoms with E-state index in [1.807, 2.05) is 30.3 Å². The maximum Gasteiger partial charge on any atom is 0.394 e. The Morgan fingerprint density at radius 2 is 1.58 bits per heavy atom. The quantitative estimate of drug-likeness (QED) is 0.705. The van der Waals surface area contributed by atoms with Gasteiger partial charge in [-0.05, 0) is 22.2 Å².